The maximum Gasteiger partial charge on any atom is 0.246 e. The summed E-state index contributed by atoms with van der Waals surface area (Å²) in [5, 5.41) is 10.7. The molecule has 0 bridgehead atoms. The molecule has 0 aliphatic carbocycles. The Hall–Kier alpha value is -1.43. The third-order valence-electron chi connectivity index (χ3n) is 2.10. The second-order valence-electron chi connectivity index (χ2n) is 3.40. The maximum atomic E-state index is 11.5. The van der Waals surface area contributed by atoms with Crippen molar-refractivity contribution in [3.05, 3.63) is 0 Å². The van der Waals surface area contributed by atoms with Crippen molar-refractivity contribution >= 4 is 17.7 Å². The predicted octanol–water partition coefficient (Wildman–Crippen LogP) is -1.37. The Labute approximate surface area is 87.2 Å². The topological polar surface area (TPSA) is 86.7 Å². The van der Waals surface area contributed by atoms with E-state index in [1.807, 2.05) is 0 Å². The van der Waals surface area contributed by atoms with Gasteiger partial charge in [-0.05, 0) is 12.8 Å². The average Bonchev–Trinajstić information content (AvgIpc) is 2.16. The lowest BCUT2D eigenvalue weighted by Crippen LogP contribution is -2.53. The standard InChI is InChI=1S/C9H14N2O4/c12-4-2-1-3-9(15)11-5-7(13)10-8(14)6-11/h12H,1-6H2,(H,10,13,14). The Morgan fingerprint density at radius 1 is 1.27 bits per heavy atom. The molecule has 2 N–H and O–H groups in total. The van der Waals surface area contributed by atoms with E-state index < -0.39 is 11.8 Å². The number of carbonyl (C=O) groups is 3. The number of hydrogen-bond donors (Lipinski definition) is 2. The van der Waals surface area contributed by atoms with Gasteiger partial charge in [0.15, 0.2) is 0 Å². The molecule has 0 unspecified atom stereocenters. The van der Waals surface area contributed by atoms with Gasteiger partial charge in [-0.3, -0.25) is 19.7 Å². The molecule has 1 saturated heterocycles. The highest BCUT2D eigenvalue weighted by atomic mass is 16.3. The smallest absolute Gasteiger partial charge is 0.246 e. The van der Waals surface area contributed by atoms with Gasteiger partial charge in [0.1, 0.15) is 13.1 Å². The van der Waals surface area contributed by atoms with E-state index in [1.54, 1.807) is 0 Å². The first-order chi connectivity index (χ1) is 7.13. The summed E-state index contributed by atoms with van der Waals surface area (Å²) in [6.07, 6.45) is 1.39. The molecule has 0 aromatic carbocycles. The van der Waals surface area contributed by atoms with Gasteiger partial charge in [-0.15, -0.1) is 0 Å². The minimum Gasteiger partial charge on any atom is -0.396 e. The normalized spacial score (nSPS) is 16.5. The third-order valence-corrected chi connectivity index (χ3v) is 2.10. The number of amides is 3. The monoisotopic (exact) mass is 214 g/mol. The number of hydrogen-bond acceptors (Lipinski definition) is 4. The van der Waals surface area contributed by atoms with Gasteiger partial charge in [-0.2, -0.15) is 0 Å². The van der Waals surface area contributed by atoms with Gasteiger partial charge in [0, 0.05) is 13.0 Å². The van der Waals surface area contributed by atoms with Crippen molar-refractivity contribution in [1.29, 1.82) is 0 Å². The molecule has 1 aliphatic rings. The fourth-order valence-corrected chi connectivity index (χ4v) is 1.36. The van der Waals surface area contributed by atoms with Gasteiger partial charge in [-0.1, -0.05) is 0 Å². The lowest BCUT2D eigenvalue weighted by atomic mass is 10.2. The van der Waals surface area contributed by atoms with Crippen LogP contribution in [0.3, 0.4) is 0 Å². The van der Waals surface area contributed by atoms with Crippen LogP contribution in [0.4, 0.5) is 0 Å². The van der Waals surface area contributed by atoms with Gasteiger partial charge in [0.25, 0.3) is 0 Å². The van der Waals surface area contributed by atoms with Crippen LogP contribution in [0.15, 0.2) is 0 Å². The van der Waals surface area contributed by atoms with Crippen LogP contribution in [-0.4, -0.2) is 47.4 Å². The summed E-state index contributed by atoms with van der Waals surface area (Å²) in [7, 11) is 0. The Bertz CT molecular complexity index is 261. The molecule has 1 aliphatic heterocycles. The molecule has 0 atom stereocenters. The van der Waals surface area contributed by atoms with Crippen LogP contribution in [0, 0.1) is 0 Å². The number of nitrogens with one attached hydrogen (secondary N) is 1. The number of carbonyl (C=O) groups excluding carboxylic acids is 3. The number of imide groups is 1. The Morgan fingerprint density at radius 2 is 1.87 bits per heavy atom. The second kappa shape index (κ2) is 5.45. The van der Waals surface area contributed by atoms with Gasteiger partial charge in [0.2, 0.25) is 17.7 Å². The summed E-state index contributed by atoms with van der Waals surface area (Å²) in [6.45, 7) is -0.0555. The Kier molecular flexibility index (Phi) is 4.23. The first-order valence-electron chi connectivity index (χ1n) is 4.85. The highest BCUT2D eigenvalue weighted by Crippen LogP contribution is 2.02. The van der Waals surface area contributed by atoms with Gasteiger partial charge in [-0.25, -0.2) is 0 Å². The quantitative estimate of drug-likeness (QED) is 0.446. The molecule has 1 rings (SSSR count). The molecule has 0 radical (unpaired) electrons. The van der Waals surface area contributed by atoms with E-state index in [0.29, 0.717) is 12.8 Å². The number of rotatable bonds is 4. The lowest BCUT2D eigenvalue weighted by molar-refractivity contribution is -0.145. The Balaban J connectivity index is 2.38. The van der Waals surface area contributed by atoms with Crippen molar-refractivity contribution in [2.45, 2.75) is 19.3 Å². The molecule has 0 saturated carbocycles. The Morgan fingerprint density at radius 3 is 2.40 bits per heavy atom. The molecule has 0 spiro atoms. The summed E-state index contributed by atoms with van der Waals surface area (Å²) in [5.74, 6) is -1.10. The zero-order valence-electron chi connectivity index (χ0n) is 8.36. The number of aliphatic hydroxyl groups excluding tert-OH is 1. The van der Waals surface area contributed by atoms with Crippen LogP contribution in [0.5, 0.6) is 0 Å². The molecule has 6 nitrogen and oxygen atoms in total. The second-order valence-corrected chi connectivity index (χ2v) is 3.40. The van der Waals surface area contributed by atoms with Crippen LogP contribution in [0.25, 0.3) is 0 Å². The molecule has 0 aromatic heterocycles. The van der Waals surface area contributed by atoms with Crippen molar-refractivity contribution in [3.63, 3.8) is 0 Å². The molecule has 0 aromatic rings. The highest BCUT2D eigenvalue weighted by molar-refractivity contribution is 6.02. The van der Waals surface area contributed by atoms with E-state index in [-0.39, 0.29) is 32.0 Å². The largest absolute Gasteiger partial charge is 0.396 e. The SMILES string of the molecule is O=C1CN(C(=O)CCCCO)CC(=O)N1. The maximum absolute atomic E-state index is 11.5. The van der Waals surface area contributed by atoms with Gasteiger partial charge < -0.3 is 10.0 Å². The van der Waals surface area contributed by atoms with Gasteiger partial charge in [0.05, 0.1) is 0 Å². The van der Waals surface area contributed by atoms with Crippen LogP contribution >= 0.6 is 0 Å². The fraction of sp³-hybridized carbons (Fsp3) is 0.667. The summed E-state index contributed by atoms with van der Waals surface area (Å²) in [4.78, 5) is 34.6. The van der Waals surface area contributed by atoms with Crippen LogP contribution in [-0.2, 0) is 14.4 Å². The zero-order chi connectivity index (χ0) is 11.3. The molecule has 3 amide bonds. The molecule has 1 fully saturated rings. The summed E-state index contributed by atoms with van der Waals surface area (Å²) >= 11 is 0. The first-order valence-corrected chi connectivity index (χ1v) is 4.85. The highest BCUT2D eigenvalue weighted by Gasteiger charge is 2.25. The van der Waals surface area contributed by atoms with Crippen LogP contribution < -0.4 is 5.32 Å². The molecule has 1 heterocycles. The van der Waals surface area contributed by atoms with Crippen LogP contribution in [0.1, 0.15) is 19.3 Å². The van der Waals surface area contributed by atoms with Crippen LogP contribution in [0.2, 0.25) is 0 Å². The van der Waals surface area contributed by atoms with E-state index in [2.05, 4.69) is 5.32 Å². The average molecular weight is 214 g/mol. The zero-order valence-corrected chi connectivity index (χ0v) is 8.36. The van der Waals surface area contributed by atoms with Crippen molar-refractivity contribution in [1.82, 2.24) is 10.2 Å². The first kappa shape index (κ1) is 11.6. The molecular weight excluding hydrogens is 200 g/mol. The summed E-state index contributed by atoms with van der Waals surface area (Å²) in [5.41, 5.74) is 0. The van der Waals surface area contributed by atoms with E-state index >= 15 is 0 Å². The van der Waals surface area contributed by atoms with E-state index in [9.17, 15) is 14.4 Å². The number of unbranched alkanes of at least 4 members (excludes halogenated alkanes) is 1. The lowest BCUT2D eigenvalue weighted by Gasteiger charge is -2.25. The molecular formula is C9H14N2O4. The number of aliphatic hydroxyl groups is 1. The predicted molar refractivity (Wildman–Crippen MR) is 50.7 cm³/mol. The summed E-state index contributed by atoms with van der Waals surface area (Å²) in [6, 6.07) is 0. The van der Waals surface area contributed by atoms with Crippen molar-refractivity contribution in [2.75, 3.05) is 19.7 Å². The minimum atomic E-state index is -0.443. The van der Waals surface area contributed by atoms with Gasteiger partial charge >= 0.3 is 0 Å². The van der Waals surface area contributed by atoms with E-state index in [0.717, 1.165) is 0 Å². The minimum absolute atomic E-state index is 0.0483. The van der Waals surface area contributed by atoms with E-state index in [4.69, 9.17) is 5.11 Å². The van der Waals surface area contributed by atoms with Crippen molar-refractivity contribution in [2.24, 2.45) is 0 Å². The van der Waals surface area contributed by atoms with E-state index in [1.165, 1.54) is 4.90 Å². The molecule has 84 valence electrons. The number of piperazine rings is 1. The third kappa shape index (κ3) is 3.67. The number of nitrogens with zero attached hydrogens (tertiary/aromatic N) is 1. The summed E-state index contributed by atoms with van der Waals surface area (Å²) < 4.78 is 0. The fourth-order valence-electron chi connectivity index (χ4n) is 1.36. The van der Waals surface area contributed by atoms with Crippen molar-refractivity contribution < 1.29 is 19.5 Å². The molecule has 15 heavy (non-hydrogen) atoms. The van der Waals surface area contributed by atoms with Crippen molar-refractivity contribution in [3.8, 4) is 0 Å². The molecule has 6 heteroatoms.